The molecule has 1 aromatic carbocycles. The number of piperidine rings is 1. The lowest BCUT2D eigenvalue weighted by Crippen LogP contribution is -2.35. The summed E-state index contributed by atoms with van der Waals surface area (Å²) in [6.07, 6.45) is 2.46. The minimum atomic E-state index is 0.230. The highest BCUT2D eigenvalue weighted by atomic mass is 16.3. The summed E-state index contributed by atoms with van der Waals surface area (Å²) in [6.45, 7) is 4.30. The number of furan rings is 1. The van der Waals surface area contributed by atoms with Crippen molar-refractivity contribution >= 4 is 11.9 Å². The van der Waals surface area contributed by atoms with Crippen LogP contribution in [0.1, 0.15) is 23.5 Å². The molecule has 1 aliphatic rings. The van der Waals surface area contributed by atoms with Gasteiger partial charge >= 0.3 is 0 Å². The van der Waals surface area contributed by atoms with Crippen molar-refractivity contribution in [1.82, 2.24) is 4.90 Å². The fraction of sp³-hybridized carbons (Fsp3) is 0.278. The smallest absolute Gasteiger partial charge is 0.161 e. The van der Waals surface area contributed by atoms with Gasteiger partial charge in [-0.3, -0.25) is 9.69 Å². The molecule has 3 rings (SSSR count). The quantitative estimate of drug-likeness (QED) is 0.808. The average Bonchev–Trinajstić information content (AvgIpc) is 2.89. The Morgan fingerprint density at radius 1 is 1.19 bits per heavy atom. The molecule has 0 radical (unpaired) electrons. The summed E-state index contributed by atoms with van der Waals surface area (Å²) in [4.78, 5) is 14.4. The molecular formula is C18H19NO2. The van der Waals surface area contributed by atoms with Gasteiger partial charge in [0.15, 0.2) is 5.78 Å². The maximum Gasteiger partial charge on any atom is 0.161 e. The third-order valence-electron chi connectivity index (χ3n) is 3.73. The predicted molar refractivity (Wildman–Crippen MR) is 82.8 cm³/mol. The van der Waals surface area contributed by atoms with Gasteiger partial charge in [0.25, 0.3) is 0 Å². The Balaban J connectivity index is 1.73. The topological polar surface area (TPSA) is 33.5 Å². The first kappa shape index (κ1) is 13.8. The molecule has 1 fully saturated rings. The van der Waals surface area contributed by atoms with E-state index in [1.165, 1.54) is 5.56 Å². The molecule has 3 heteroatoms. The Hall–Kier alpha value is -2.13. The fourth-order valence-electron chi connectivity index (χ4n) is 2.63. The highest BCUT2D eigenvalue weighted by molar-refractivity contribution is 6.00. The molecule has 0 bridgehead atoms. The Labute approximate surface area is 124 Å². The monoisotopic (exact) mass is 281 g/mol. The van der Waals surface area contributed by atoms with Crippen LogP contribution in [0.25, 0.3) is 6.08 Å². The Kier molecular flexibility index (Phi) is 4.02. The van der Waals surface area contributed by atoms with Gasteiger partial charge in [0, 0.05) is 31.6 Å². The third-order valence-corrected chi connectivity index (χ3v) is 3.73. The van der Waals surface area contributed by atoms with Crippen LogP contribution in [0.3, 0.4) is 0 Å². The number of nitrogens with zero attached hydrogens (tertiary/aromatic N) is 1. The second-order valence-corrected chi connectivity index (χ2v) is 5.49. The molecule has 0 saturated carbocycles. The number of carbonyl (C=O) groups excluding carboxylic acids is 1. The van der Waals surface area contributed by atoms with E-state index in [1.807, 2.05) is 43.3 Å². The molecule has 0 unspecified atom stereocenters. The van der Waals surface area contributed by atoms with Gasteiger partial charge in [0.1, 0.15) is 11.5 Å². The molecule has 0 aliphatic carbocycles. The Morgan fingerprint density at radius 3 is 2.71 bits per heavy atom. The molecule has 0 spiro atoms. The van der Waals surface area contributed by atoms with Gasteiger partial charge in [-0.05, 0) is 30.7 Å². The lowest BCUT2D eigenvalue weighted by Gasteiger charge is -2.27. The number of benzene rings is 1. The molecule has 0 N–H and O–H groups in total. The summed E-state index contributed by atoms with van der Waals surface area (Å²) in [5.74, 6) is 1.86. The SMILES string of the molecule is Cc1ccc(/C=C2\CN(Cc3ccccc3)CCC2=O)o1. The molecule has 2 heterocycles. The number of hydrogen-bond acceptors (Lipinski definition) is 3. The number of carbonyl (C=O) groups is 1. The van der Waals surface area contributed by atoms with Crippen molar-refractivity contribution in [3.05, 3.63) is 65.1 Å². The fourth-order valence-corrected chi connectivity index (χ4v) is 2.63. The van der Waals surface area contributed by atoms with Crippen LogP contribution in [0.5, 0.6) is 0 Å². The number of likely N-dealkylation sites (tertiary alicyclic amines) is 1. The first-order valence-corrected chi connectivity index (χ1v) is 7.27. The summed E-state index contributed by atoms with van der Waals surface area (Å²) < 4.78 is 5.54. The lowest BCUT2D eigenvalue weighted by atomic mass is 10.0. The highest BCUT2D eigenvalue weighted by Gasteiger charge is 2.21. The summed E-state index contributed by atoms with van der Waals surface area (Å²) in [5, 5.41) is 0. The first-order chi connectivity index (χ1) is 10.2. The highest BCUT2D eigenvalue weighted by Crippen LogP contribution is 2.19. The van der Waals surface area contributed by atoms with Crippen molar-refractivity contribution in [2.24, 2.45) is 0 Å². The lowest BCUT2D eigenvalue weighted by molar-refractivity contribution is -0.117. The van der Waals surface area contributed by atoms with Gasteiger partial charge in [-0.15, -0.1) is 0 Å². The van der Waals surface area contributed by atoms with Gasteiger partial charge in [-0.1, -0.05) is 30.3 Å². The third kappa shape index (κ3) is 3.50. The van der Waals surface area contributed by atoms with Crippen LogP contribution >= 0.6 is 0 Å². The van der Waals surface area contributed by atoms with Crippen LogP contribution < -0.4 is 0 Å². The molecule has 0 atom stereocenters. The van der Waals surface area contributed by atoms with Crippen LogP contribution in [0.2, 0.25) is 0 Å². The normalized spacial score (nSPS) is 18.3. The van der Waals surface area contributed by atoms with E-state index in [1.54, 1.807) is 0 Å². The minimum absolute atomic E-state index is 0.230. The van der Waals surface area contributed by atoms with E-state index in [0.717, 1.165) is 30.2 Å². The molecular weight excluding hydrogens is 262 g/mol. The van der Waals surface area contributed by atoms with Gasteiger partial charge in [0.2, 0.25) is 0 Å². The average molecular weight is 281 g/mol. The van der Waals surface area contributed by atoms with Crippen LogP contribution in [-0.4, -0.2) is 23.8 Å². The molecule has 1 saturated heterocycles. The second kappa shape index (κ2) is 6.10. The van der Waals surface area contributed by atoms with Gasteiger partial charge in [-0.2, -0.15) is 0 Å². The molecule has 2 aromatic rings. The Bertz CT molecular complexity index is 655. The minimum Gasteiger partial charge on any atom is -0.462 e. The standard InChI is InChI=1S/C18H19NO2/c1-14-7-8-17(21-14)11-16-13-19(10-9-18(16)20)12-15-5-3-2-4-6-15/h2-8,11H,9-10,12-13H2,1H3/b16-11+. The van der Waals surface area contributed by atoms with Crippen molar-refractivity contribution in [1.29, 1.82) is 0 Å². The number of hydrogen-bond donors (Lipinski definition) is 0. The number of aryl methyl sites for hydroxylation is 1. The van der Waals surface area contributed by atoms with E-state index in [2.05, 4.69) is 17.0 Å². The van der Waals surface area contributed by atoms with E-state index in [0.29, 0.717) is 13.0 Å². The van der Waals surface area contributed by atoms with Crippen molar-refractivity contribution in [2.75, 3.05) is 13.1 Å². The summed E-state index contributed by atoms with van der Waals surface area (Å²) in [7, 11) is 0. The Morgan fingerprint density at radius 2 is 2.00 bits per heavy atom. The van der Waals surface area contributed by atoms with Crippen molar-refractivity contribution < 1.29 is 9.21 Å². The van der Waals surface area contributed by atoms with Crippen LogP contribution in [0.4, 0.5) is 0 Å². The van der Waals surface area contributed by atoms with Crippen molar-refractivity contribution in [3.8, 4) is 0 Å². The van der Waals surface area contributed by atoms with Crippen molar-refractivity contribution in [2.45, 2.75) is 19.9 Å². The van der Waals surface area contributed by atoms with Crippen LogP contribution in [-0.2, 0) is 11.3 Å². The zero-order chi connectivity index (χ0) is 14.7. The molecule has 1 aliphatic heterocycles. The summed E-state index contributed by atoms with van der Waals surface area (Å²) in [5.41, 5.74) is 2.12. The molecule has 1 aromatic heterocycles. The number of Topliss-reactive ketones (excluding diaryl/α,β-unsaturated/α-hetero) is 1. The van der Waals surface area contributed by atoms with Gasteiger partial charge in [-0.25, -0.2) is 0 Å². The summed E-state index contributed by atoms with van der Waals surface area (Å²) in [6, 6.07) is 14.2. The maximum atomic E-state index is 12.1. The van der Waals surface area contributed by atoms with E-state index in [9.17, 15) is 4.79 Å². The molecule has 3 nitrogen and oxygen atoms in total. The molecule has 108 valence electrons. The van der Waals surface area contributed by atoms with E-state index in [-0.39, 0.29) is 5.78 Å². The second-order valence-electron chi connectivity index (χ2n) is 5.49. The van der Waals surface area contributed by atoms with Gasteiger partial charge in [0.05, 0.1) is 0 Å². The zero-order valence-electron chi connectivity index (χ0n) is 12.2. The van der Waals surface area contributed by atoms with Gasteiger partial charge < -0.3 is 4.42 Å². The maximum absolute atomic E-state index is 12.1. The zero-order valence-corrected chi connectivity index (χ0v) is 12.2. The molecule has 0 amide bonds. The van der Waals surface area contributed by atoms with E-state index < -0.39 is 0 Å². The van der Waals surface area contributed by atoms with Crippen molar-refractivity contribution in [3.63, 3.8) is 0 Å². The van der Waals surface area contributed by atoms with Crippen LogP contribution in [0.15, 0.2) is 52.5 Å². The first-order valence-electron chi connectivity index (χ1n) is 7.27. The predicted octanol–water partition coefficient (Wildman–Crippen LogP) is 3.45. The summed E-state index contributed by atoms with van der Waals surface area (Å²) >= 11 is 0. The largest absolute Gasteiger partial charge is 0.462 e. The van der Waals surface area contributed by atoms with Crippen LogP contribution in [0, 0.1) is 6.92 Å². The van der Waals surface area contributed by atoms with E-state index in [4.69, 9.17) is 4.42 Å². The van der Waals surface area contributed by atoms with E-state index >= 15 is 0 Å². The molecule has 21 heavy (non-hydrogen) atoms. The number of rotatable bonds is 3. The number of ketones is 1.